The van der Waals surface area contributed by atoms with Crippen LogP contribution in [-0.4, -0.2) is 16.2 Å². The van der Waals surface area contributed by atoms with Crippen LogP contribution in [0.3, 0.4) is 0 Å². The number of aromatic hydroxyl groups is 1. The molecule has 0 saturated carbocycles. The summed E-state index contributed by atoms with van der Waals surface area (Å²) in [7, 11) is 0. The highest BCUT2D eigenvalue weighted by molar-refractivity contribution is 6.30. The molecule has 134 valence electrons. The Hall–Kier alpha value is -2.46. The smallest absolute Gasteiger partial charge is 0.341 e. The third kappa shape index (κ3) is 3.06. The van der Waals surface area contributed by atoms with Crippen LogP contribution in [0.15, 0.2) is 41.6 Å². The number of benzene rings is 2. The third-order valence-electron chi connectivity index (χ3n) is 5.22. The first-order valence-corrected chi connectivity index (χ1v) is 9.24. The summed E-state index contributed by atoms with van der Waals surface area (Å²) in [5.41, 5.74) is 5.50. The number of carboxylic acid groups (broad SMARTS) is 1. The van der Waals surface area contributed by atoms with Crippen molar-refractivity contribution in [3.8, 4) is 5.75 Å². The van der Waals surface area contributed by atoms with Crippen LogP contribution in [0.2, 0.25) is 5.02 Å². The summed E-state index contributed by atoms with van der Waals surface area (Å²) < 4.78 is 0. The van der Waals surface area contributed by atoms with E-state index >= 15 is 0 Å². The average Bonchev–Trinajstić information content (AvgIpc) is 2.60. The number of halogens is 1. The molecular formula is C21H20ClNO3. The standard InChI is InChI=1S/C21H20ClNO3/c22-16-6-3-4-12(9-16)8-15-11-14-10-13-5-1-2-7-17(13)23-19(14)18(20(15)24)21(25)26/h3-4,6,9,11,23-24H,1-2,5,7-8,10H2,(H,25,26). The number of carbonyl (C=O) groups is 1. The minimum absolute atomic E-state index is 0.0309. The lowest BCUT2D eigenvalue weighted by atomic mass is 9.85. The van der Waals surface area contributed by atoms with Gasteiger partial charge in [0.25, 0.3) is 0 Å². The van der Waals surface area contributed by atoms with E-state index in [9.17, 15) is 15.0 Å². The van der Waals surface area contributed by atoms with Crippen LogP contribution in [0.4, 0.5) is 5.69 Å². The molecule has 0 atom stereocenters. The van der Waals surface area contributed by atoms with Crippen molar-refractivity contribution in [3.63, 3.8) is 0 Å². The highest BCUT2D eigenvalue weighted by atomic mass is 35.5. The van der Waals surface area contributed by atoms with E-state index in [0.717, 1.165) is 42.5 Å². The lowest BCUT2D eigenvalue weighted by molar-refractivity contribution is 0.0694. The highest BCUT2D eigenvalue weighted by Gasteiger charge is 2.28. The highest BCUT2D eigenvalue weighted by Crippen LogP contribution is 2.42. The second-order valence-corrected chi connectivity index (χ2v) is 7.43. The van der Waals surface area contributed by atoms with Gasteiger partial charge in [-0.3, -0.25) is 0 Å². The van der Waals surface area contributed by atoms with Crippen LogP contribution in [0.1, 0.15) is 52.7 Å². The van der Waals surface area contributed by atoms with E-state index in [1.165, 1.54) is 12.0 Å². The molecule has 5 heteroatoms. The van der Waals surface area contributed by atoms with Gasteiger partial charge in [0, 0.05) is 17.1 Å². The number of fused-ring (bicyclic) bond motifs is 1. The predicted molar refractivity (Wildman–Crippen MR) is 102 cm³/mol. The molecule has 0 spiro atoms. The van der Waals surface area contributed by atoms with Gasteiger partial charge in [0.05, 0.1) is 5.69 Å². The Morgan fingerprint density at radius 1 is 1.19 bits per heavy atom. The van der Waals surface area contributed by atoms with Gasteiger partial charge in [0.1, 0.15) is 11.3 Å². The molecule has 0 bridgehead atoms. The zero-order valence-electron chi connectivity index (χ0n) is 14.3. The molecule has 0 aromatic heterocycles. The zero-order chi connectivity index (χ0) is 18.3. The minimum atomic E-state index is -1.11. The van der Waals surface area contributed by atoms with Crippen molar-refractivity contribution in [2.75, 3.05) is 5.32 Å². The monoisotopic (exact) mass is 369 g/mol. The molecule has 26 heavy (non-hydrogen) atoms. The number of rotatable bonds is 3. The first-order valence-electron chi connectivity index (χ1n) is 8.86. The number of anilines is 1. The van der Waals surface area contributed by atoms with Crippen LogP contribution in [0.25, 0.3) is 0 Å². The fourth-order valence-electron chi connectivity index (χ4n) is 3.98. The summed E-state index contributed by atoms with van der Waals surface area (Å²) in [4.78, 5) is 11.9. The molecule has 0 radical (unpaired) electrons. The summed E-state index contributed by atoms with van der Waals surface area (Å²) in [5, 5.41) is 24.3. The van der Waals surface area contributed by atoms with E-state index in [0.29, 0.717) is 22.7 Å². The van der Waals surface area contributed by atoms with Crippen molar-refractivity contribution < 1.29 is 15.0 Å². The summed E-state index contributed by atoms with van der Waals surface area (Å²) >= 11 is 6.05. The number of carboxylic acids is 1. The maximum atomic E-state index is 11.9. The molecule has 0 unspecified atom stereocenters. The van der Waals surface area contributed by atoms with Gasteiger partial charge >= 0.3 is 5.97 Å². The topological polar surface area (TPSA) is 69.6 Å². The number of aromatic carboxylic acids is 1. The van der Waals surface area contributed by atoms with Crippen molar-refractivity contribution in [2.45, 2.75) is 38.5 Å². The average molecular weight is 370 g/mol. The first-order chi connectivity index (χ1) is 12.5. The Kier molecular flexibility index (Phi) is 4.37. The predicted octanol–water partition coefficient (Wildman–Crippen LogP) is 5.13. The van der Waals surface area contributed by atoms with E-state index < -0.39 is 5.97 Å². The van der Waals surface area contributed by atoms with Crippen molar-refractivity contribution in [3.05, 3.63) is 68.9 Å². The molecule has 1 aliphatic heterocycles. The number of hydrogen-bond donors (Lipinski definition) is 3. The van der Waals surface area contributed by atoms with Crippen molar-refractivity contribution >= 4 is 23.3 Å². The molecule has 4 nitrogen and oxygen atoms in total. The van der Waals surface area contributed by atoms with Gasteiger partial charge in [-0.1, -0.05) is 23.7 Å². The molecule has 3 N–H and O–H groups in total. The maximum Gasteiger partial charge on any atom is 0.341 e. The first kappa shape index (κ1) is 17.0. The van der Waals surface area contributed by atoms with E-state index in [1.54, 1.807) is 6.07 Å². The molecule has 2 aromatic carbocycles. The Morgan fingerprint density at radius 3 is 2.77 bits per heavy atom. The Bertz CT molecular complexity index is 933. The normalized spacial score (nSPS) is 15.9. The van der Waals surface area contributed by atoms with Crippen molar-refractivity contribution in [1.29, 1.82) is 0 Å². The van der Waals surface area contributed by atoms with Gasteiger partial charge < -0.3 is 15.5 Å². The van der Waals surface area contributed by atoms with E-state index in [-0.39, 0.29) is 11.3 Å². The fraction of sp³-hybridized carbons (Fsp3) is 0.286. The lowest BCUT2D eigenvalue weighted by Crippen LogP contribution is -2.19. The van der Waals surface area contributed by atoms with E-state index in [2.05, 4.69) is 5.32 Å². The van der Waals surface area contributed by atoms with Crippen LogP contribution in [0.5, 0.6) is 5.75 Å². The van der Waals surface area contributed by atoms with E-state index in [1.807, 2.05) is 24.3 Å². The third-order valence-corrected chi connectivity index (χ3v) is 5.45. The Labute approximate surface area is 157 Å². The van der Waals surface area contributed by atoms with Gasteiger partial charge in [-0.05, 0) is 72.6 Å². The van der Waals surface area contributed by atoms with Crippen LogP contribution >= 0.6 is 11.6 Å². The van der Waals surface area contributed by atoms with Crippen molar-refractivity contribution in [2.24, 2.45) is 0 Å². The summed E-state index contributed by atoms with van der Waals surface area (Å²) in [6.07, 6.45) is 5.47. The Morgan fingerprint density at radius 2 is 2.00 bits per heavy atom. The molecule has 0 saturated heterocycles. The van der Waals surface area contributed by atoms with Gasteiger partial charge in [0.2, 0.25) is 0 Å². The molecule has 0 fully saturated rings. The number of allylic oxidation sites excluding steroid dienone is 2. The SMILES string of the molecule is O=C(O)c1c(O)c(Cc2cccc(Cl)c2)cc2c1NC1=C(CCCC1)C2. The quantitative estimate of drug-likeness (QED) is 0.701. The molecule has 2 aliphatic rings. The zero-order valence-corrected chi connectivity index (χ0v) is 15.1. The van der Waals surface area contributed by atoms with Crippen LogP contribution in [-0.2, 0) is 12.8 Å². The summed E-state index contributed by atoms with van der Waals surface area (Å²) in [6.45, 7) is 0. The molecule has 1 heterocycles. The van der Waals surface area contributed by atoms with Gasteiger partial charge in [-0.25, -0.2) is 4.79 Å². The van der Waals surface area contributed by atoms with Gasteiger partial charge in [0.15, 0.2) is 0 Å². The van der Waals surface area contributed by atoms with Gasteiger partial charge in [-0.2, -0.15) is 0 Å². The number of nitrogens with one attached hydrogen (secondary N) is 1. The number of phenols is 1. The molecule has 4 rings (SSSR count). The summed E-state index contributed by atoms with van der Waals surface area (Å²) in [6, 6.07) is 9.34. The van der Waals surface area contributed by atoms with E-state index in [4.69, 9.17) is 11.6 Å². The Balaban J connectivity index is 1.79. The lowest BCUT2D eigenvalue weighted by Gasteiger charge is -2.30. The van der Waals surface area contributed by atoms with Crippen LogP contribution in [0, 0.1) is 0 Å². The van der Waals surface area contributed by atoms with Crippen LogP contribution < -0.4 is 5.32 Å². The van der Waals surface area contributed by atoms with Crippen molar-refractivity contribution in [1.82, 2.24) is 0 Å². The fourth-order valence-corrected chi connectivity index (χ4v) is 4.19. The van der Waals surface area contributed by atoms with Gasteiger partial charge in [-0.15, -0.1) is 0 Å². The number of hydrogen-bond acceptors (Lipinski definition) is 3. The second-order valence-electron chi connectivity index (χ2n) is 7.00. The molecule has 2 aromatic rings. The summed E-state index contributed by atoms with van der Waals surface area (Å²) in [5.74, 6) is -1.28. The maximum absolute atomic E-state index is 11.9. The largest absolute Gasteiger partial charge is 0.507 e. The molecule has 0 amide bonds. The molecule has 1 aliphatic carbocycles. The minimum Gasteiger partial charge on any atom is -0.507 e. The second kappa shape index (κ2) is 6.69. The molecular weight excluding hydrogens is 350 g/mol.